The zero-order valence-electron chi connectivity index (χ0n) is 11.2. The van der Waals surface area contributed by atoms with Gasteiger partial charge >= 0.3 is 0 Å². The van der Waals surface area contributed by atoms with Gasteiger partial charge in [0.05, 0.1) is 17.6 Å². The standard InChI is InChI=1S/C12H18N6OS/c13-5-9-6-18(17-15-9)7-12-14-11(16-19-12)8-20-10-3-1-2-4-10/h6,10H,1-5,7-8,13H2. The first kappa shape index (κ1) is 13.6. The average Bonchev–Trinajstić information content (AvgIpc) is 3.19. The van der Waals surface area contributed by atoms with Crippen molar-refractivity contribution in [2.75, 3.05) is 0 Å². The van der Waals surface area contributed by atoms with Crippen LogP contribution in [0.3, 0.4) is 0 Å². The Kier molecular flexibility index (Phi) is 4.31. The summed E-state index contributed by atoms with van der Waals surface area (Å²) in [5, 5.41) is 12.6. The van der Waals surface area contributed by atoms with Crippen LogP contribution >= 0.6 is 11.8 Å². The summed E-state index contributed by atoms with van der Waals surface area (Å²) in [6, 6.07) is 0. The van der Waals surface area contributed by atoms with E-state index in [9.17, 15) is 0 Å². The summed E-state index contributed by atoms with van der Waals surface area (Å²) in [6.07, 6.45) is 7.12. The summed E-state index contributed by atoms with van der Waals surface area (Å²) in [5.74, 6) is 2.14. The lowest BCUT2D eigenvalue weighted by Crippen LogP contribution is -2.01. The third-order valence-electron chi connectivity index (χ3n) is 3.35. The number of thioether (sulfide) groups is 1. The first-order valence-electron chi connectivity index (χ1n) is 6.85. The number of nitrogens with two attached hydrogens (primary N) is 1. The molecule has 108 valence electrons. The lowest BCUT2D eigenvalue weighted by atomic mass is 10.4. The molecule has 1 fully saturated rings. The molecule has 3 rings (SSSR count). The highest BCUT2D eigenvalue weighted by atomic mass is 32.2. The second-order valence-electron chi connectivity index (χ2n) is 4.93. The number of hydrogen-bond acceptors (Lipinski definition) is 7. The molecule has 20 heavy (non-hydrogen) atoms. The maximum Gasteiger partial charge on any atom is 0.248 e. The molecule has 0 atom stereocenters. The van der Waals surface area contributed by atoms with Crippen molar-refractivity contribution >= 4 is 11.8 Å². The third kappa shape index (κ3) is 3.37. The average molecular weight is 294 g/mol. The fourth-order valence-corrected chi connectivity index (χ4v) is 3.48. The normalized spacial score (nSPS) is 16.1. The van der Waals surface area contributed by atoms with Gasteiger partial charge in [-0.3, -0.25) is 0 Å². The number of aromatic nitrogens is 5. The molecular weight excluding hydrogens is 276 g/mol. The second-order valence-corrected chi connectivity index (χ2v) is 6.22. The fourth-order valence-electron chi connectivity index (χ4n) is 2.31. The van der Waals surface area contributed by atoms with Crippen LogP contribution in [0.1, 0.15) is 43.1 Å². The van der Waals surface area contributed by atoms with E-state index in [-0.39, 0.29) is 0 Å². The molecule has 0 aromatic carbocycles. The van der Waals surface area contributed by atoms with E-state index in [1.54, 1.807) is 10.9 Å². The van der Waals surface area contributed by atoms with Crippen molar-refractivity contribution in [2.45, 2.75) is 49.8 Å². The largest absolute Gasteiger partial charge is 0.337 e. The monoisotopic (exact) mass is 294 g/mol. The molecule has 0 saturated heterocycles. The van der Waals surface area contributed by atoms with Crippen LogP contribution in [0.2, 0.25) is 0 Å². The van der Waals surface area contributed by atoms with E-state index >= 15 is 0 Å². The van der Waals surface area contributed by atoms with E-state index in [1.807, 2.05) is 11.8 Å². The van der Waals surface area contributed by atoms with Gasteiger partial charge in [-0.2, -0.15) is 16.7 Å². The molecule has 0 unspecified atom stereocenters. The van der Waals surface area contributed by atoms with Crippen LogP contribution in [0.15, 0.2) is 10.7 Å². The van der Waals surface area contributed by atoms with Crippen LogP contribution in [0.5, 0.6) is 0 Å². The predicted octanol–water partition coefficient (Wildman–Crippen LogP) is 1.34. The smallest absolute Gasteiger partial charge is 0.248 e. The van der Waals surface area contributed by atoms with Gasteiger partial charge in [0.2, 0.25) is 5.89 Å². The maximum atomic E-state index is 5.49. The molecule has 1 saturated carbocycles. The van der Waals surface area contributed by atoms with Gasteiger partial charge in [-0.1, -0.05) is 23.2 Å². The molecular formula is C12H18N6OS. The van der Waals surface area contributed by atoms with Crippen LogP contribution in [-0.2, 0) is 18.8 Å². The summed E-state index contributed by atoms with van der Waals surface area (Å²) in [6.45, 7) is 0.821. The van der Waals surface area contributed by atoms with Gasteiger partial charge in [0.1, 0.15) is 6.54 Å². The number of hydrogen-bond donors (Lipinski definition) is 1. The van der Waals surface area contributed by atoms with Crippen LogP contribution in [0, 0.1) is 0 Å². The first-order valence-corrected chi connectivity index (χ1v) is 7.90. The Morgan fingerprint density at radius 1 is 1.40 bits per heavy atom. The quantitative estimate of drug-likeness (QED) is 0.858. The SMILES string of the molecule is NCc1cn(Cc2nc(CSC3CCCC3)no2)nn1. The van der Waals surface area contributed by atoms with Crippen molar-refractivity contribution in [2.24, 2.45) is 5.73 Å². The molecule has 7 nitrogen and oxygen atoms in total. The van der Waals surface area contributed by atoms with Gasteiger partial charge in [-0.25, -0.2) is 4.68 Å². The summed E-state index contributed by atoms with van der Waals surface area (Å²) < 4.78 is 6.89. The zero-order chi connectivity index (χ0) is 13.8. The summed E-state index contributed by atoms with van der Waals surface area (Å²) in [7, 11) is 0. The summed E-state index contributed by atoms with van der Waals surface area (Å²) in [5.41, 5.74) is 6.24. The lowest BCUT2D eigenvalue weighted by Gasteiger charge is -2.04. The van der Waals surface area contributed by atoms with Crippen LogP contribution < -0.4 is 5.73 Å². The topological polar surface area (TPSA) is 95.7 Å². The van der Waals surface area contributed by atoms with E-state index in [1.165, 1.54) is 25.7 Å². The summed E-state index contributed by atoms with van der Waals surface area (Å²) in [4.78, 5) is 4.38. The van der Waals surface area contributed by atoms with E-state index in [2.05, 4.69) is 20.5 Å². The van der Waals surface area contributed by atoms with Crippen LogP contribution in [0.4, 0.5) is 0 Å². The number of nitrogens with zero attached hydrogens (tertiary/aromatic N) is 5. The number of rotatable bonds is 6. The van der Waals surface area contributed by atoms with E-state index < -0.39 is 0 Å². The highest BCUT2D eigenvalue weighted by Gasteiger charge is 2.17. The molecule has 2 aromatic rings. The first-order chi connectivity index (χ1) is 9.83. The Morgan fingerprint density at radius 3 is 3.00 bits per heavy atom. The van der Waals surface area contributed by atoms with E-state index in [0.29, 0.717) is 19.0 Å². The molecule has 0 radical (unpaired) electrons. The Bertz CT molecular complexity index is 548. The molecule has 1 aliphatic rings. The van der Waals surface area contributed by atoms with Crippen molar-refractivity contribution in [1.82, 2.24) is 25.1 Å². The Hall–Kier alpha value is -1.41. The Balaban J connectivity index is 1.53. The van der Waals surface area contributed by atoms with Crippen LogP contribution in [0.25, 0.3) is 0 Å². The molecule has 0 aliphatic heterocycles. The van der Waals surface area contributed by atoms with Crippen molar-refractivity contribution in [3.05, 3.63) is 23.6 Å². The maximum absolute atomic E-state index is 5.49. The van der Waals surface area contributed by atoms with Gasteiger partial charge < -0.3 is 10.3 Å². The molecule has 0 spiro atoms. The highest BCUT2D eigenvalue weighted by Crippen LogP contribution is 2.30. The fraction of sp³-hybridized carbons (Fsp3) is 0.667. The van der Waals surface area contributed by atoms with Gasteiger partial charge in [-0.15, -0.1) is 5.10 Å². The minimum atomic E-state index is 0.382. The summed E-state index contributed by atoms with van der Waals surface area (Å²) >= 11 is 1.93. The van der Waals surface area contributed by atoms with Gasteiger partial charge in [0.25, 0.3) is 0 Å². The minimum absolute atomic E-state index is 0.382. The second kappa shape index (κ2) is 6.36. The van der Waals surface area contributed by atoms with Crippen molar-refractivity contribution in [3.8, 4) is 0 Å². The minimum Gasteiger partial charge on any atom is -0.337 e. The van der Waals surface area contributed by atoms with Crippen molar-refractivity contribution < 1.29 is 4.52 Å². The van der Waals surface area contributed by atoms with Gasteiger partial charge in [0.15, 0.2) is 5.82 Å². The molecule has 1 aliphatic carbocycles. The van der Waals surface area contributed by atoms with Crippen molar-refractivity contribution in [1.29, 1.82) is 0 Å². The molecule has 0 amide bonds. The zero-order valence-corrected chi connectivity index (χ0v) is 12.1. The Labute approximate surface area is 121 Å². The third-order valence-corrected chi connectivity index (χ3v) is 4.72. The van der Waals surface area contributed by atoms with Gasteiger partial charge in [0, 0.05) is 11.8 Å². The van der Waals surface area contributed by atoms with E-state index in [4.69, 9.17) is 10.3 Å². The molecule has 0 bridgehead atoms. The van der Waals surface area contributed by atoms with Crippen molar-refractivity contribution in [3.63, 3.8) is 0 Å². The molecule has 2 aromatic heterocycles. The lowest BCUT2D eigenvalue weighted by molar-refractivity contribution is 0.361. The highest BCUT2D eigenvalue weighted by molar-refractivity contribution is 7.99. The van der Waals surface area contributed by atoms with E-state index in [0.717, 1.165) is 22.5 Å². The molecule has 2 N–H and O–H groups in total. The van der Waals surface area contributed by atoms with Gasteiger partial charge in [-0.05, 0) is 12.8 Å². The van der Waals surface area contributed by atoms with Crippen LogP contribution in [-0.4, -0.2) is 30.4 Å². The Morgan fingerprint density at radius 2 is 2.25 bits per heavy atom. The predicted molar refractivity (Wildman–Crippen MR) is 74.9 cm³/mol. The molecule has 2 heterocycles. The molecule has 8 heteroatoms.